The minimum absolute atomic E-state index is 0.110. The lowest BCUT2D eigenvalue weighted by Crippen LogP contribution is -2.42. The average molecular weight is 601 g/mol. The van der Waals surface area contributed by atoms with Gasteiger partial charge in [-0.05, 0) is 83.1 Å². The minimum Gasteiger partial charge on any atom is -0.460 e. The molecule has 43 heavy (non-hydrogen) atoms. The Morgan fingerprint density at radius 3 is 2.12 bits per heavy atom. The van der Waals surface area contributed by atoms with Crippen molar-refractivity contribution in [3.8, 4) is 0 Å². The summed E-state index contributed by atoms with van der Waals surface area (Å²) in [7, 11) is 1.68. The number of rotatable bonds is 22. The predicted octanol–water partition coefficient (Wildman–Crippen LogP) is 7.09. The molecule has 3 atom stereocenters. The van der Waals surface area contributed by atoms with Gasteiger partial charge in [0.15, 0.2) is 0 Å². The molecule has 0 spiro atoms. The van der Waals surface area contributed by atoms with Crippen LogP contribution in [-0.2, 0) is 23.8 Å². The number of ether oxygens (including phenoxy) is 3. The maximum atomic E-state index is 12.4. The van der Waals surface area contributed by atoms with E-state index in [2.05, 4.69) is 65.7 Å². The van der Waals surface area contributed by atoms with E-state index in [1.165, 1.54) is 25.7 Å². The Kier molecular flexibility index (Phi) is 21.6. The summed E-state index contributed by atoms with van der Waals surface area (Å²) in [6.07, 6.45) is 31.6. The lowest BCUT2D eigenvalue weighted by molar-refractivity contribution is -0.160. The molecular formula is C36H60N2O5. The average Bonchev–Trinajstić information content (AvgIpc) is 3.02. The molecule has 0 bridgehead atoms. The SMILES string of the molecule is CCCCC/C=C\C/C=C\C/C=C\C/C=C\CCCC(=O)NCC1CCC(OC(=O)CCCN2CCOCC2)C(OC)C1. The lowest BCUT2D eigenvalue weighted by Gasteiger charge is -2.35. The van der Waals surface area contributed by atoms with Gasteiger partial charge in [-0.3, -0.25) is 14.5 Å². The number of morpholine rings is 1. The molecule has 1 saturated carbocycles. The summed E-state index contributed by atoms with van der Waals surface area (Å²) in [6, 6.07) is 0. The topological polar surface area (TPSA) is 77.1 Å². The molecule has 2 aliphatic rings. The van der Waals surface area contributed by atoms with Crippen LogP contribution in [0.25, 0.3) is 0 Å². The van der Waals surface area contributed by atoms with Crippen molar-refractivity contribution in [1.82, 2.24) is 10.2 Å². The molecule has 0 aromatic rings. The summed E-state index contributed by atoms with van der Waals surface area (Å²) >= 11 is 0. The number of allylic oxidation sites excluding steroid dienone is 8. The van der Waals surface area contributed by atoms with Crippen LogP contribution in [0.15, 0.2) is 48.6 Å². The van der Waals surface area contributed by atoms with Gasteiger partial charge in [0.2, 0.25) is 5.91 Å². The maximum Gasteiger partial charge on any atom is 0.306 e. The first-order valence-corrected chi connectivity index (χ1v) is 17.0. The van der Waals surface area contributed by atoms with Gasteiger partial charge in [0, 0.05) is 39.6 Å². The van der Waals surface area contributed by atoms with Gasteiger partial charge < -0.3 is 19.5 Å². The third kappa shape index (κ3) is 18.9. The van der Waals surface area contributed by atoms with Gasteiger partial charge in [-0.1, -0.05) is 68.4 Å². The lowest BCUT2D eigenvalue weighted by atomic mass is 9.85. The quantitative estimate of drug-likeness (QED) is 0.0813. The van der Waals surface area contributed by atoms with Gasteiger partial charge in [-0.2, -0.15) is 0 Å². The maximum absolute atomic E-state index is 12.4. The minimum atomic E-state index is -0.196. The van der Waals surface area contributed by atoms with Gasteiger partial charge in [0.05, 0.1) is 19.3 Å². The fraction of sp³-hybridized carbons (Fsp3) is 0.722. The van der Waals surface area contributed by atoms with E-state index < -0.39 is 0 Å². The fourth-order valence-corrected chi connectivity index (χ4v) is 5.54. The highest BCUT2D eigenvalue weighted by Crippen LogP contribution is 2.28. The van der Waals surface area contributed by atoms with Crippen LogP contribution in [0.2, 0.25) is 0 Å². The molecule has 1 amide bonds. The molecule has 0 aromatic heterocycles. The van der Waals surface area contributed by atoms with E-state index in [0.717, 1.165) is 90.6 Å². The number of amides is 1. The zero-order chi connectivity index (χ0) is 30.8. The van der Waals surface area contributed by atoms with Crippen LogP contribution in [0.5, 0.6) is 0 Å². The molecule has 244 valence electrons. The Labute approximate surface area is 262 Å². The summed E-state index contributed by atoms with van der Waals surface area (Å²) in [6.45, 7) is 7.22. The van der Waals surface area contributed by atoms with E-state index in [1.807, 2.05) is 0 Å². The van der Waals surface area contributed by atoms with Crippen molar-refractivity contribution in [3.63, 3.8) is 0 Å². The van der Waals surface area contributed by atoms with Gasteiger partial charge in [0.1, 0.15) is 6.10 Å². The second-order valence-electron chi connectivity index (χ2n) is 11.8. The van der Waals surface area contributed by atoms with Gasteiger partial charge in [-0.15, -0.1) is 0 Å². The van der Waals surface area contributed by atoms with Crippen LogP contribution in [0, 0.1) is 5.92 Å². The normalized spacial score (nSPS) is 21.9. The number of carbonyl (C=O) groups excluding carboxylic acids is 2. The van der Waals surface area contributed by atoms with Crippen molar-refractivity contribution in [2.24, 2.45) is 5.92 Å². The van der Waals surface area contributed by atoms with Crippen molar-refractivity contribution in [2.45, 2.75) is 115 Å². The van der Waals surface area contributed by atoms with Crippen LogP contribution in [0.3, 0.4) is 0 Å². The van der Waals surface area contributed by atoms with E-state index in [0.29, 0.717) is 25.3 Å². The summed E-state index contributed by atoms with van der Waals surface area (Å²) in [5, 5.41) is 3.10. The van der Waals surface area contributed by atoms with Crippen molar-refractivity contribution in [2.75, 3.05) is 46.5 Å². The van der Waals surface area contributed by atoms with Crippen LogP contribution >= 0.6 is 0 Å². The number of carbonyl (C=O) groups is 2. The Bertz CT molecular complexity index is 847. The molecule has 1 N–H and O–H groups in total. The Morgan fingerprint density at radius 2 is 1.47 bits per heavy atom. The molecule has 1 saturated heterocycles. The summed E-state index contributed by atoms with van der Waals surface area (Å²) in [5.41, 5.74) is 0. The largest absolute Gasteiger partial charge is 0.460 e. The molecule has 1 aliphatic heterocycles. The van der Waals surface area contributed by atoms with E-state index >= 15 is 0 Å². The first kappa shape index (κ1) is 37.0. The highest BCUT2D eigenvalue weighted by atomic mass is 16.6. The Balaban J connectivity index is 1.47. The van der Waals surface area contributed by atoms with Gasteiger partial charge in [0.25, 0.3) is 0 Å². The third-order valence-electron chi connectivity index (χ3n) is 8.20. The molecule has 3 unspecified atom stereocenters. The van der Waals surface area contributed by atoms with Crippen LogP contribution in [0.1, 0.15) is 103 Å². The fourth-order valence-electron chi connectivity index (χ4n) is 5.54. The van der Waals surface area contributed by atoms with Crippen molar-refractivity contribution >= 4 is 11.9 Å². The van der Waals surface area contributed by atoms with Crippen LogP contribution in [0.4, 0.5) is 0 Å². The molecule has 7 heteroatoms. The van der Waals surface area contributed by atoms with Crippen molar-refractivity contribution in [1.29, 1.82) is 0 Å². The highest BCUT2D eigenvalue weighted by molar-refractivity contribution is 5.75. The number of hydrogen-bond acceptors (Lipinski definition) is 6. The zero-order valence-corrected chi connectivity index (χ0v) is 27.2. The van der Waals surface area contributed by atoms with Crippen molar-refractivity contribution in [3.05, 3.63) is 48.6 Å². The first-order chi connectivity index (χ1) is 21.1. The summed E-state index contributed by atoms with van der Waals surface area (Å²) < 4.78 is 16.8. The third-order valence-corrected chi connectivity index (χ3v) is 8.20. The molecule has 0 aromatic carbocycles. The highest BCUT2D eigenvalue weighted by Gasteiger charge is 2.33. The van der Waals surface area contributed by atoms with E-state index in [9.17, 15) is 9.59 Å². The number of methoxy groups -OCH3 is 1. The second-order valence-corrected chi connectivity index (χ2v) is 11.8. The molecular weight excluding hydrogens is 540 g/mol. The molecule has 7 nitrogen and oxygen atoms in total. The monoisotopic (exact) mass is 600 g/mol. The number of esters is 1. The smallest absolute Gasteiger partial charge is 0.306 e. The summed E-state index contributed by atoms with van der Waals surface area (Å²) in [4.78, 5) is 27.1. The van der Waals surface area contributed by atoms with E-state index in [4.69, 9.17) is 14.2 Å². The Morgan fingerprint density at radius 1 is 0.814 bits per heavy atom. The van der Waals surface area contributed by atoms with E-state index in [1.54, 1.807) is 7.11 Å². The molecule has 1 heterocycles. The van der Waals surface area contributed by atoms with Gasteiger partial charge in [-0.25, -0.2) is 0 Å². The number of hydrogen-bond donors (Lipinski definition) is 1. The zero-order valence-electron chi connectivity index (χ0n) is 27.2. The van der Waals surface area contributed by atoms with Crippen LogP contribution < -0.4 is 5.32 Å². The number of nitrogens with zero attached hydrogens (tertiary/aromatic N) is 1. The standard InChI is InChI=1S/C36H60N2O5/c1-3-4-5-6-7-8-9-10-11-12-13-14-15-16-17-18-19-21-35(39)37-31-32-23-24-33(34(30-32)41-2)43-36(40)22-20-25-38-26-28-42-29-27-38/h7-8,10-11,13-14,16-17,32-34H,3-6,9,12,15,18-31H2,1-2H3,(H,37,39)/b8-7-,11-10-,14-13-,17-16-. The number of nitrogens with one attached hydrogen (secondary N) is 1. The second kappa shape index (κ2) is 25.1. The Hall–Kier alpha value is -2.22. The van der Waals surface area contributed by atoms with Crippen LogP contribution in [-0.4, -0.2) is 75.5 Å². The number of unbranched alkanes of at least 4 members (excludes halogenated alkanes) is 4. The first-order valence-electron chi connectivity index (χ1n) is 17.0. The molecule has 0 radical (unpaired) electrons. The predicted molar refractivity (Wildman–Crippen MR) is 176 cm³/mol. The van der Waals surface area contributed by atoms with Crippen molar-refractivity contribution < 1.29 is 23.8 Å². The van der Waals surface area contributed by atoms with E-state index in [-0.39, 0.29) is 24.1 Å². The molecule has 2 fully saturated rings. The molecule has 1 aliphatic carbocycles. The summed E-state index contributed by atoms with van der Waals surface area (Å²) in [5.74, 6) is 0.318. The van der Waals surface area contributed by atoms with Gasteiger partial charge >= 0.3 is 5.97 Å². The molecule has 2 rings (SSSR count).